The van der Waals surface area contributed by atoms with Gasteiger partial charge in [-0.2, -0.15) is 8.42 Å². The molecular formula is C54H86O27S. The molecule has 10 aliphatic rings. The molecule has 27 nitrogen and oxygen atoms in total. The lowest BCUT2D eigenvalue weighted by Gasteiger charge is -2.64. The number of cyclic esters (lactones) is 1. The van der Waals surface area contributed by atoms with Crippen molar-refractivity contribution in [1.29, 1.82) is 0 Å². The van der Waals surface area contributed by atoms with Crippen LogP contribution in [-0.4, -0.2) is 254 Å². The molecule has 29 atom stereocenters. The van der Waals surface area contributed by atoms with Crippen LogP contribution in [0.25, 0.3) is 0 Å². The number of rotatable bonds is 14. The zero-order valence-electron chi connectivity index (χ0n) is 47.6. The zero-order valence-corrected chi connectivity index (χ0v) is 48.4. The Morgan fingerprint density at radius 2 is 1.26 bits per heavy atom. The van der Waals surface area contributed by atoms with Crippen molar-refractivity contribution >= 4 is 16.4 Å². The third-order valence-electron chi connectivity index (χ3n) is 21.4. The van der Waals surface area contributed by atoms with Gasteiger partial charge in [-0.25, -0.2) is 4.18 Å². The van der Waals surface area contributed by atoms with Gasteiger partial charge in [-0.15, -0.1) is 0 Å². The van der Waals surface area contributed by atoms with Crippen molar-refractivity contribution in [3.8, 4) is 0 Å². The van der Waals surface area contributed by atoms with Crippen LogP contribution in [0.2, 0.25) is 0 Å². The van der Waals surface area contributed by atoms with Gasteiger partial charge in [-0.3, -0.25) is 9.35 Å². The molecule has 3 saturated carbocycles. The second-order valence-electron chi connectivity index (χ2n) is 26.5. The van der Waals surface area contributed by atoms with Gasteiger partial charge in [0.1, 0.15) is 103 Å². The summed E-state index contributed by atoms with van der Waals surface area (Å²) in [6, 6.07) is 0. The van der Waals surface area contributed by atoms with Crippen LogP contribution in [-0.2, 0) is 71.5 Å². The van der Waals surface area contributed by atoms with Crippen LogP contribution in [0.1, 0.15) is 107 Å². The molecule has 4 aliphatic carbocycles. The molecule has 1 spiro atoms. The number of hydrogen-bond donors (Lipinski definition) is 12. The van der Waals surface area contributed by atoms with E-state index in [0.717, 1.165) is 5.57 Å². The molecule has 0 aromatic heterocycles. The lowest BCUT2D eigenvalue weighted by atomic mass is 9.40. The molecule has 82 heavy (non-hydrogen) atoms. The van der Waals surface area contributed by atoms with Gasteiger partial charge in [0.05, 0.1) is 43.7 Å². The molecule has 0 bridgehead atoms. The Labute approximate surface area is 475 Å². The van der Waals surface area contributed by atoms with E-state index in [4.69, 9.17) is 56.3 Å². The van der Waals surface area contributed by atoms with Crippen LogP contribution in [0.4, 0.5) is 0 Å². The number of carbonyl (C=O) groups is 1. The van der Waals surface area contributed by atoms with Crippen LogP contribution in [0.15, 0.2) is 11.6 Å². The Hall–Kier alpha value is -1.76. The first-order valence-electron chi connectivity index (χ1n) is 28.6. The minimum Gasteiger partial charge on any atom is -0.453 e. The summed E-state index contributed by atoms with van der Waals surface area (Å²) in [5, 5.41) is 125. The molecule has 12 N–H and O–H groups in total. The largest absolute Gasteiger partial charge is 0.453 e. The summed E-state index contributed by atoms with van der Waals surface area (Å²) < 4.78 is 104. The normalized spacial score (nSPS) is 53.6. The summed E-state index contributed by atoms with van der Waals surface area (Å²) in [6.07, 6.45) is -29.1. The Morgan fingerprint density at radius 3 is 1.85 bits per heavy atom. The van der Waals surface area contributed by atoms with E-state index < -0.39 is 210 Å². The third kappa shape index (κ3) is 9.71. The van der Waals surface area contributed by atoms with E-state index >= 15 is 0 Å². The molecular weight excluding hydrogens is 1110 g/mol. The van der Waals surface area contributed by atoms with E-state index in [1.165, 1.54) is 14.0 Å². The number of fused-ring (bicyclic) bond motifs is 4. The number of carbonyl (C=O) groups excluding carboxylic acids is 1. The van der Waals surface area contributed by atoms with E-state index in [1.54, 1.807) is 13.0 Å². The van der Waals surface area contributed by atoms with Crippen molar-refractivity contribution in [2.45, 2.75) is 259 Å². The fraction of sp³-hybridized carbons (Fsp3) is 0.944. The number of ether oxygens (including phenoxy) is 11. The highest BCUT2D eigenvalue weighted by molar-refractivity contribution is 7.80. The molecule has 6 saturated heterocycles. The van der Waals surface area contributed by atoms with E-state index in [0.29, 0.717) is 44.9 Å². The van der Waals surface area contributed by atoms with Gasteiger partial charge in [0.2, 0.25) is 0 Å². The number of methoxy groups -OCH3 is 1. The number of hydrogen-bond acceptors (Lipinski definition) is 26. The van der Waals surface area contributed by atoms with Gasteiger partial charge in [0.25, 0.3) is 0 Å². The summed E-state index contributed by atoms with van der Waals surface area (Å²) in [6.45, 7) is 13.1. The molecule has 6 heterocycles. The zero-order chi connectivity index (χ0) is 60.0. The lowest BCUT2D eigenvalue weighted by molar-refractivity contribution is -0.389. The molecule has 6 aliphatic heterocycles. The fourth-order valence-corrected chi connectivity index (χ4v) is 17.5. The molecule has 10 rings (SSSR count). The minimum atomic E-state index is -5.19. The SMILES string of the molecule is CO[C@@H]1[C@@H](O)[C@H](O[C@@H]2[C@@H](O)[C@H](O[C@H]3[C@H](O)[C@@H](O)[C@H](O[C@H]4[C@H](O[C@H]5CC[C@]6(C)C7=CC(O)C89C(=O)OC(C)(C%10CCC(C)(C)O%10)[C@@]8(O)CC[C@@]9(C)[C@@H]7CC[C@H]6C5(C)C)OC[C@@H](OS(=O)(=O)O)[C@@H]4O)O[C@@H]3C)O[C@H](CO)[C@H]2O)O[C@H](CO)[C@H]1O. The summed E-state index contributed by atoms with van der Waals surface area (Å²) in [5.74, 6) is -0.972. The van der Waals surface area contributed by atoms with Crippen molar-refractivity contribution in [2.24, 2.45) is 33.5 Å². The summed E-state index contributed by atoms with van der Waals surface area (Å²) in [5.41, 5.74) is -6.49. The minimum absolute atomic E-state index is 0.131. The maximum absolute atomic E-state index is 14.7. The van der Waals surface area contributed by atoms with E-state index in [9.17, 15) is 73.9 Å². The maximum atomic E-state index is 14.7. The van der Waals surface area contributed by atoms with Gasteiger partial charge in [0.15, 0.2) is 30.8 Å². The number of allylic oxidation sites excluding steroid dienone is 1. The van der Waals surface area contributed by atoms with E-state index in [1.807, 2.05) is 34.6 Å². The second-order valence-corrected chi connectivity index (χ2v) is 27.5. The first-order valence-corrected chi connectivity index (χ1v) is 30.0. The van der Waals surface area contributed by atoms with Gasteiger partial charge < -0.3 is 108 Å². The molecule has 0 radical (unpaired) electrons. The first-order chi connectivity index (χ1) is 38.2. The van der Waals surface area contributed by atoms with Crippen LogP contribution >= 0.6 is 0 Å². The van der Waals surface area contributed by atoms with E-state index in [2.05, 4.69) is 6.92 Å². The van der Waals surface area contributed by atoms with Crippen LogP contribution in [0.3, 0.4) is 0 Å². The van der Waals surface area contributed by atoms with Crippen LogP contribution in [0, 0.1) is 33.5 Å². The third-order valence-corrected chi connectivity index (χ3v) is 21.9. The number of aliphatic hydroxyl groups excluding tert-OH is 10. The highest BCUT2D eigenvalue weighted by Gasteiger charge is 2.87. The Bertz CT molecular complexity index is 2490. The molecule has 0 aromatic carbocycles. The van der Waals surface area contributed by atoms with Crippen LogP contribution in [0.5, 0.6) is 0 Å². The predicted octanol–water partition coefficient (Wildman–Crippen LogP) is -2.26. The van der Waals surface area contributed by atoms with E-state index in [-0.39, 0.29) is 18.3 Å². The molecule has 0 amide bonds. The van der Waals surface area contributed by atoms with Gasteiger partial charge in [-0.05, 0) is 107 Å². The topological polar surface area (TPSA) is 405 Å². The molecule has 4 unspecified atom stereocenters. The predicted molar refractivity (Wildman–Crippen MR) is 273 cm³/mol. The summed E-state index contributed by atoms with van der Waals surface area (Å²) in [4.78, 5) is 14.7. The van der Waals surface area contributed by atoms with Crippen molar-refractivity contribution < 1.29 is 130 Å². The monoisotopic (exact) mass is 1200 g/mol. The lowest BCUT2D eigenvalue weighted by Crippen LogP contribution is -2.69. The summed E-state index contributed by atoms with van der Waals surface area (Å²) >= 11 is 0. The van der Waals surface area contributed by atoms with Crippen molar-refractivity contribution in [3.05, 3.63) is 11.6 Å². The fourth-order valence-electron chi connectivity index (χ4n) is 17.0. The summed E-state index contributed by atoms with van der Waals surface area (Å²) in [7, 11) is -4.02. The van der Waals surface area contributed by atoms with Gasteiger partial charge >= 0.3 is 16.4 Å². The number of aliphatic hydroxyl groups is 11. The van der Waals surface area contributed by atoms with Crippen molar-refractivity contribution in [3.63, 3.8) is 0 Å². The average Bonchev–Trinajstić information content (AvgIpc) is 1.46. The second kappa shape index (κ2) is 22.1. The van der Waals surface area contributed by atoms with Gasteiger partial charge in [0, 0.05) is 7.11 Å². The molecule has 0 aromatic rings. The quantitative estimate of drug-likeness (QED) is 0.0378. The van der Waals surface area contributed by atoms with Gasteiger partial charge in [-0.1, -0.05) is 39.3 Å². The number of esters is 1. The molecule has 470 valence electrons. The molecule has 28 heteroatoms. The highest BCUT2D eigenvalue weighted by atomic mass is 32.3. The van der Waals surface area contributed by atoms with Crippen molar-refractivity contribution in [2.75, 3.05) is 26.9 Å². The Balaban J connectivity index is 0.852. The Kier molecular flexibility index (Phi) is 17.0. The molecule has 9 fully saturated rings. The standard InChI is InChI=1S/C54H86O27S/c1-22-39(76-45-38(64)41(33(59)26(20-56)74-45)77-44-37(63)40(70-9)32(58)25(19-55)73-44)35(61)36(62)43(72-22)78-42-34(60)27(81-82(67,68)69)21-71-46(42)75-30-13-15-50(6)24-18-29(57)54-47(65)80-52(8,31-12-14-48(2,3)79-31)53(54,66)17-16-51(54,7)23(24)10-11-28(50)49(30,4)5/h18,22-23,25-46,55-64,66H,10-17,19-21H2,1-9H3,(H,67,68,69)/t22-,23-,25-,26-,27-,28+,29?,30+,31?,32-,33-,34+,35-,36-,37-,38-,39-,40+,41+,42-,43+,44+,45+,46+,50-,51+,52?,53+,54?/m1/s1. The Morgan fingerprint density at radius 1 is 0.659 bits per heavy atom. The first kappa shape index (κ1) is 63.3. The highest BCUT2D eigenvalue weighted by Crippen LogP contribution is 2.77. The maximum Gasteiger partial charge on any atom is 0.397 e. The average molecular weight is 1200 g/mol. The van der Waals surface area contributed by atoms with Crippen molar-refractivity contribution in [1.82, 2.24) is 0 Å². The smallest absolute Gasteiger partial charge is 0.397 e. The van der Waals surface area contributed by atoms with Crippen LogP contribution < -0.4 is 0 Å².